The Bertz CT molecular complexity index is 1050. The molecule has 0 unspecified atom stereocenters. The minimum atomic E-state index is -4.00. The van der Waals surface area contributed by atoms with Gasteiger partial charge in [-0.2, -0.15) is 0 Å². The molecule has 32 heavy (non-hydrogen) atoms. The van der Waals surface area contributed by atoms with Crippen molar-refractivity contribution in [3.8, 4) is 0 Å². The number of carbonyl (C=O) groups is 2. The lowest BCUT2D eigenvalue weighted by Gasteiger charge is -2.33. The van der Waals surface area contributed by atoms with Gasteiger partial charge in [0.2, 0.25) is 0 Å². The summed E-state index contributed by atoms with van der Waals surface area (Å²) in [5.41, 5.74) is 4.41. The molecule has 0 aliphatic rings. The van der Waals surface area contributed by atoms with Crippen molar-refractivity contribution in [2.45, 2.75) is 56.6 Å². The number of nitrogens with two attached hydrogens (primary N) is 1. The SMILES string of the molecule is CCC[C@](C(=O)NN)(c1ccc(C)cc1[C@H](CCCc1ccccc1)C(=O)O)S(C)(=O)=O. The molecule has 1 amide bonds. The van der Waals surface area contributed by atoms with Gasteiger partial charge in [0, 0.05) is 6.26 Å². The van der Waals surface area contributed by atoms with E-state index in [1.54, 1.807) is 32.0 Å². The monoisotopic (exact) mass is 460 g/mol. The third-order valence-corrected chi connectivity index (χ3v) is 7.73. The topological polar surface area (TPSA) is 127 Å². The van der Waals surface area contributed by atoms with Crippen molar-refractivity contribution in [1.29, 1.82) is 0 Å². The molecule has 2 atom stereocenters. The van der Waals surface area contributed by atoms with E-state index in [4.69, 9.17) is 5.84 Å². The van der Waals surface area contributed by atoms with Crippen LogP contribution >= 0.6 is 0 Å². The summed E-state index contributed by atoms with van der Waals surface area (Å²) >= 11 is 0. The van der Waals surface area contributed by atoms with Gasteiger partial charge in [0.1, 0.15) is 0 Å². The number of carboxylic acid groups (broad SMARTS) is 1. The molecule has 0 heterocycles. The fourth-order valence-corrected chi connectivity index (χ4v) is 5.85. The maximum atomic E-state index is 13.0. The van der Waals surface area contributed by atoms with E-state index < -0.39 is 32.4 Å². The van der Waals surface area contributed by atoms with Gasteiger partial charge in [0.25, 0.3) is 5.91 Å². The van der Waals surface area contributed by atoms with Crippen LogP contribution in [0.3, 0.4) is 0 Å². The summed E-state index contributed by atoms with van der Waals surface area (Å²) in [4.78, 5) is 25.2. The van der Waals surface area contributed by atoms with Gasteiger partial charge >= 0.3 is 5.97 Å². The average molecular weight is 461 g/mol. The Balaban J connectivity index is 2.59. The number of hydrogen-bond donors (Lipinski definition) is 3. The Morgan fingerprint density at radius 3 is 2.34 bits per heavy atom. The molecule has 0 aliphatic heterocycles. The van der Waals surface area contributed by atoms with Crippen LogP contribution < -0.4 is 11.3 Å². The number of sulfone groups is 1. The Morgan fingerprint density at radius 2 is 1.81 bits per heavy atom. The van der Waals surface area contributed by atoms with Gasteiger partial charge < -0.3 is 5.11 Å². The van der Waals surface area contributed by atoms with E-state index in [0.717, 1.165) is 17.4 Å². The molecule has 0 radical (unpaired) electrons. The van der Waals surface area contributed by atoms with Crippen molar-refractivity contribution in [1.82, 2.24) is 5.43 Å². The zero-order chi connectivity index (χ0) is 23.9. The van der Waals surface area contributed by atoms with Crippen LogP contribution in [0.4, 0.5) is 0 Å². The predicted octanol–water partition coefficient (Wildman–Crippen LogP) is 3.22. The average Bonchev–Trinajstić information content (AvgIpc) is 2.74. The lowest BCUT2D eigenvalue weighted by atomic mass is 9.81. The first kappa shape index (κ1) is 25.5. The van der Waals surface area contributed by atoms with E-state index >= 15 is 0 Å². The lowest BCUT2D eigenvalue weighted by molar-refractivity contribution is -0.139. The summed E-state index contributed by atoms with van der Waals surface area (Å²) in [6, 6.07) is 14.7. The van der Waals surface area contributed by atoms with Crippen LogP contribution in [0.25, 0.3) is 0 Å². The van der Waals surface area contributed by atoms with Crippen molar-refractivity contribution in [2.24, 2.45) is 5.84 Å². The Kier molecular flexibility index (Phi) is 8.58. The van der Waals surface area contributed by atoms with Crippen LogP contribution in [0, 0.1) is 6.92 Å². The molecule has 2 aromatic carbocycles. The smallest absolute Gasteiger partial charge is 0.310 e. The van der Waals surface area contributed by atoms with Crippen molar-refractivity contribution >= 4 is 21.7 Å². The van der Waals surface area contributed by atoms with E-state index in [0.29, 0.717) is 31.2 Å². The number of carboxylic acids is 1. The Hall–Kier alpha value is -2.71. The molecule has 2 rings (SSSR count). The molecule has 4 N–H and O–H groups in total. The van der Waals surface area contributed by atoms with Crippen molar-refractivity contribution < 1.29 is 23.1 Å². The number of carbonyl (C=O) groups excluding carboxylic acids is 1. The second-order valence-corrected chi connectivity index (χ2v) is 10.4. The predicted molar refractivity (Wildman–Crippen MR) is 125 cm³/mol. The van der Waals surface area contributed by atoms with Crippen LogP contribution in [-0.2, 0) is 30.6 Å². The number of hydrazine groups is 1. The minimum Gasteiger partial charge on any atom is -0.481 e. The molecular weight excluding hydrogens is 428 g/mol. The first-order valence-electron chi connectivity index (χ1n) is 10.7. The molecule has 0 saturated heterocycles. The third kappa shape index (κ3) is 5.37. The molecule has 0 aromatic heterocycles. The summed E-state index contributed by atoms with van der Waals surface area (Å²) in [7, 11) is -4.00. The van der Waals surface area contributed by atoms with E-state index in [1.165, 1.54) is 0 Å². The van der Waals surface area contributed by atoms with Gasteiger partial charge in [-0.25, -0.2) is 14.3 Å². The second-order valence-electron chi connectivity index (χ2n) is 8.18. The minimum absolute atomic E-state index is 0.0126. The first-order chi connectivity index (χ1) is 15.1. The standard InChI is InChI=1S/C24H32N2O5S/c1-4-15-24(23(29)26-25,32(3,30)31)21-14-13-17(2)16-20(21)19(22(27)28)12-8-11-18-9-6-5-7-10-18/h5-7,9-10,13-14,16,19H,4,8,11-12,15,25H2,1-3H3,(H,26,29)(H,27,28)/t19-,24+/m0/s1. The molecule has 2 aromatic rings. The third-order valence-electron chi connectivity index (χ3n) is 5.85. The van der Waals surface area contributed by atoms with Crippen LogP contribution in [0.15, 0.2) is 48.5 Å². The molecular formula is C24H32N2O5S. The number of aliphatic carboxylic acids is 1. The van der Waals surface area contributed by atoms with Crippen molar-refractivity contribution in [3.05, 3.63) is 70.8 Å². The lowest BCUT2D eigenvalue weighted by Crippen LogP contribution is -2.52. The van der Waals surface area contributed by atoms with E-state index in [9.17, 15) is 23.1 Å². The highest BCUT2D eigenvalue weighted by atomic mass is 32.2. The van der Waals surface area contributed by atoms with Gasteiger partial charge in [-0.15, -0.1) is 0 Å². The molecule has 174 valence electrons. The fraction of sp³-hybridized carbons (Fsp3) is 0.417. The van der Waals surface area contributed by atoms with Crippen molar-refractivity contribution in [3.63, 3.8) is 0 Å². The Morgan fingerprint density at radius 1 is 1.16 bits per heavy atom. The highest BCUT2D eigenvalue weighted by Gasteiger charge is 2.50. The van der Waals surface area contributed by atoms with Gasteiger partial charge in [-0.1, -0.05) is 67.4 Å². The molecule has 0 bridgehead atoms. The van der Waals surface area contributed by atoms with Gasteiger partial charge in [0.05, 0.1) is 5.92 Å². The van der Waals surface area contributed by atoms with Gasteiger partial charge in [-0.05, 0) is 49.3 Å². The molecule has 0 spiro atoms. The van der Waals surface area contributed by atoms with Gasteiger partial charge in [-0.3, -0.25) is 15.0 Å². The van der Waals surface area contributed by atoms with E-state index in [2.05, 4.69) is 0 Å². The first-order valence-corrected chi connectivity index (χ1v) is 12.6. The van der Waals surface area contributed by atoms with Crippen LogP contribution in [0.2, 0.25) is 0 Å². The van der Waals surface area contributed by atoms with Crippen LogP contribution in [0.5, 0.6) is 0 Å². The Labute approximate surface area is 189 Å². The highest BCUT2D eigenvalue weighted by Crippen LogP contribution is 2.41. The quantitative estimate of drug-likeness (QED) is 0.268. The summed E-state index contributed by atoms with van der Waals surface area (Å²) in [6.45, 7) is 3.58. The van der Waals surface area contributed by atoms with E-state index in [1.807, 2.05) is 35.8 Å². The number of nitrogens with one attached hydrogen (secondary N) is 1. The molecule has 0 fully saturated rings. The number of amides is 1. The number of aryl methyl sites for hydroxylation is 2. The van der Waals surface area contributed by atoms with Gasteiger partial charge in [0.15, 0.2) is 14.6 Å². The molecule has 7 nitrogen and oxygen atoms in total. The maximum absolute atomic E-state index is 13.0. The number of rotatable bonds is 11. The zero-order valence-corrected chi connectivity index (χ0v) is 19.6. The zero-order valence-electron chi connectivity index (χ0n) is 18.8. The number of hydrogen-bond acceptors (Lipinski definition) is 5. The molecule has 0 aliphatic carbocycles. The molecule has 0 saturated carbocycles. The van der Waals surface area contributed by atoms with E-state index in [-0.39, 0.29) is 12.0 Å². The summed E-state index contributed by atoms with van der Waals surface area (Å²) in [5, 5.41) is 10.1. The summed E-state index contributed by atoms with van der Waals surface area (Å²) < 4.78 is 24.1. The summed E-state index contributed by atoms with van der Waals surface area (Å²) in [5.74, 6) is 2.52. The van der Waals surface area contributed by atoms with Crippen molar-refractivity contribution in [2.75, 3.05) is 6.26 Å². The fourth-order valence-electron chi connectivity index (χ4n) is 4.30. The summed E-state index contributed by atoms with van der Waals surface area (Å²) in [6.07, 6.45) is 2.96. The highest BCUT2D eigenvalue weighted by molar-refractivity contribution is 7.92. The normalized spacial score (nSPS) is 14.4. The number of benzene rings is 2. The maximum Gasteiger partial charge on any atom is 0.310 e. The van der Waals surface area contributed by atoms with Crippen LogP contribution in [-0.4, -0.2) is 31.7 Å². The largest absolute Gasteiger partial charge is 0.481 e. The van der Waals surface area contributed by atoms with Crippen LogP contribution in [0.1, 0.15) is 60.8 Å². The second kappa shape index (κ2) is 10.7. The molecule has 8 heteroatoms.